The molecule has 0 aliphatic heterocycles. The SMILES string of the molecule is C=C(C)c1ccccc1.C=C(C)c1ccccc1.C=C/C(=C\C=C/C)c1cc(C(=C)C)cc(C2=CCC(C)(C(=C(c3ccccc3)c3ccccc3)c3ccccc3)C=C2)c1. The van der Waals surface area contributed by atoms with Crippen LogP contribution in [0.1, 0.15) is 85.5 Å². The summed E-state index contributed by atoms with van der Waals surface area (Å²) in [7, 11) is 0. The zero-order valence-electron chi connectivity index (χ0n) is 36.7. The van der Waals surface area contributed by atoms with Crippen LogP contribution in [0.2, 0.25) is 0 Å². The van der Waals surface area contributed by atoms with Crippen LogP contribution >= 0.6 is 0 Å². The number of hydrogen-bond donors (Lipinski definition) is 0. The van der Waals surface area contributed by atoms with E-state index in [1.165, 1.54) is 50.1 Å². The van der Waals surface area contributed by atoms with E-state index in [-0.39, 0.29) is 5.41 Å². The summed E-state index contributed by atoms with van der Waals surface area (Å²) in [5.41, 5.74) is 17.6. The van der Waals surface area contributed by atoms with Crippen LogP contribution in [0.5, 0.6) is 0 Å². The van der Waals surface area contributed by atoms with Crippen LogP contribution in [0.3, 0.4) is 0 Å². The Morgan fingerprint density at radius 2 is 0.934 bits per heavy atom. The van der Waals surface area contributed by atoms with Gasteiger partial charge in [-0.3, -0.25) is 0 Å². The molecule has 0 N–H and O–H groups in total. The lowest BCUT2D eigenvalue weighted by atomic mass is 9.69. The Bertz CT molecular complexity index is 2470. The topological polar surface area (TPSA) is 0 Å². The lowest BCUT2D eigenvalue weighted by Gasteiger charge is -2.34. The monoisotopic (exact) mass is 792 g/mol. The average molecular weight is 793 g/mol. The summed E-state index contributed by atoms with van der Waals surface area (Å²) in [5, 5.41) is 0. The van der Waals surface area contributed by atoms with Crippen LogP contribution in [0.4, 0.5) is 0 Å². The highest BCUT2D eigenvalue weighted by atomic mass is 14.4. The molecule has 1 aliphatic rings. The summed E-state index contributed by atoms with van der Waals surface area (Å²) < 4.78 is 0. The fraction of sp³-hybridized carbons (Fsp3) is 0.115. The van der Waals surface area contributed by atoms with Crippen molar-refractivity contribution in [2.45, 2.75) is 41.0 Å². The molecule has 61 heavy (non-hydrogen) atoms. The molecule has 304 valence electrons. The van der Waals surface area contributed by atoms with Crippen LogP contribution in [-0.4, -0.2) is 0 Å². The van der Waals surface area contributed by atoms with Gasteiger partial charge < -0.3 is 0 Å². The lowest BCUT2D eigenvalue weighted by molar-refractivity contribution is 0.581. The molecule has 0 saturated heterocycles. The van der Waals surface area contributed by atoms with Crippen LogP contribution < -0.4 is 0 Å². The summed E-state index contributed by atoms with van der Waals surface area (Å²) >= 11 is 0. The highest BCUT2D eigenvalue weighted by molar-refractivity contribution is 6.01. The zero-order valence-corrected chi connectivity index (χ0v) is 36.7. The van der Waals surface area contributed by atoms with Crippen molar-refractivity contribution in [2.75, 3.05) is 0 Å². The Morgan fingerprint density at radius 1 is 0.525 bits per heavy atom. The smallest absolute Gasteiger partial charge is 0.0154 e. The third kappa shape index (κ3) is 12.5. The predicted molar refractivity (Wildman–Crippen MR) is 272 cm³/mol. The van der Waals surface area contributed by atoms with Crippen molar-refractivity contribution >= 4 is 39.0 Å². The molecular formula is C61H60. The van der Waals surface area contributed by atoms with Crippen LogP contribution in [-0.2, 0) is 0 Å². The van der Waals surface area contributed by atoms with E-state index in [0.29, 0.717) is 0 Å². The molecule has 0 heterocycles. The normalized spacial score (nSPS) is 14.3. The van der Waals surface area contributed by atoms with Crippen molar-refractivity contribution in [3.8, 4) is 0 Å². The Morgan fingerprint density at radius 3 is 1.30 bits per heavy atom. The molecule has 1 aliphatic carbocycles. The second-order valence-corrected chi connectivity index (χ2v) is 15.7. The molecule has 0 saturated carbocycles. The molecule has 0 radical (unpaired) electrons. The van der Waals surface area contributed by atoms with E-state index in [9.17, 15) is 0 Å². The van der Waals surface area contributed by atoms with Crippen LogP contribution in [0, 0.1) is 5.41 Å². The maximum atomic E-state index is 4.25. The number of rotatable bonds is 11. The van der Waals surface area contributed by atoms with Gasteiger partial charge in [0.05, 0.1) is 0 Å². The average Bonchev–Trinajstić information content (AvgIpc) is 3.30. The van der Waals surface area contributed by atoms with E-state index in [1.807, 2.05) is 69.3 Å². The van der Waals surface area contributed by atoms with Gasteiger partial charge in [0.25, 0.3) is 0 Å². The van der Waals surface area contributed by atoms with Crippen molar-refractivity contribution < 1.29 is 0 Å². The van der Waals surface area contributed by atoms with Gasteiger partial charge in [0.1, 0.15) is 0 Å². The molecule has 0 bridgehead atoms. The van der Waals surface area contributed by atoms with E-state index < -0.39 is 0 Å². The molecule has 0 aromatic heterocycles. The van der Waals surface area contributed by atoms with Gasteiger partial charge in [0, 0.05) is 5.41 Å². The van der Waals surface area contributed by atoms with Gasteiger partial charge in [-0.05, 0) is 119 Å². The third-order valence-corrected chi connectivity index (χ3v) is 10.7. The highest BCUT2D eigenvalue weighted by Gasteiger charge is 2.32. The molecule has 0 nitrogen and oxygen atoms in total. The second kappa shape index (κ2) is 22.4. The van der Waals surface area contributed by atoms with Gasteiger partial charge in [-0.15, -0.1) is 0 Å². The fourth-order valence-corrected chi connectivity index (χ4v) is 7.30. The Kier molecular flexibility index (Phi) is 16.5. The van der Waals surface area contributed by atoms with Crippen LogP contribution in [0.25, 0.3) is 39.0 Å². The van der Waals surface area contributed by atoms with Gasteiger partial charge in [-0.25, -0.2) is 0 Å². The molecule has 0 fully saturated rings. The minimum Gasteiger partial charge on any atom is -0.0984 e. The quantitative estimate of drug-likeness (QED) is 0.0905. The minimum absolute atomic E-state index is 0.223. The molecule has 1 atom stereocenters. The first-order valence-corrected chi connectivity index (χ1v) is 21.0. The first kappa shape index (κ1) is 45.1. The molecule has 6 aromatic carbocycles. The number of allylic oxidation sites excluding steroid dienone is 13. The molecule has 7 rings (SSSR count). The Balaban J connectivity index is 0.000000320. The summed E-state index contributed by atoms with van der Waals surface area (Å²) in [5.74, 6) is 0. The van der Waals surface area contributed by atoms with E-state index in [2.05, 4.69) is 204 Å². The number of hydrogen-bond acceptors (Lipinski definition) is 0. The molecule has 0 heteroatoms. The first-order chi connectivity index (χ1) is 29.5. The largest absolute Gasteiger partial charge is 0.0984 e. The Hall–Kier alpha value is -7.02. The van der Waals surface area contributed by atoms with Crippen molar-refractivity contribution in [2.24, 2.45) is 5.41 Å². The fourth-order valence-electron chi connectivity index (χ4n) is 7.30. The lowest BCUT2D eigenvalue weighted by Crippen LogP contribution is -2.19. The molecule has 0 amide bonds. The van der Waals surface area contributed by atoms with E-state index in [0.717, 1.165) is 39.8 Å². The first-order valence-electron chi connectivity index (χ1n) is 21.0. The van der Waals surface area contributed by atoms with E-state index in [4.69, 9.17) is 0 Å². The maximum absolute atomic E-state index is 4.25. The summed E-state index contributed by atoms with van der Waals surface area (Å²) in [6.07, 6.45) is 16.1. The van der Waals surface area contributed by atoms with E-state index >= 15 is 0 Å². The second-order valence-electron chi connectivity index (χ2n) is 15.7. The molecule has 6 aromatic rings. The van der Waals surface area contributed by atoms with Gasteiger partial charge in [-0.1, -0.05) is 244 Å². The van der Waals surface area contributed by atoms with Gasteiger partial charge >= 0.3 is 0 Å². The van der Waals surface area contributed by atoms with Crippen molar-refractivity contribution in [3.63, 3.8) is 0 Å². The standard InChI is InChI=1S/C43H40.2C9H10/c1-6-8-18-33(7-2)39-29-38(32(3)4)30-40(31-39)34-25-27-43(5,28-26-34)42(37-23-16-11-17-24-37)41(35-19-12-9-13-20-35)36-21-14-10-15-22-36;2*1-8(2)9-6-4-3-5-7-9/h6-27,29-31H,2-3,28H2,1,4-5H3;2*3-7H,1H2,2H3/b8-6-,33-18+;;. The highest BCUT2D eigenvalue weighted by Crippen LogP contribution is 2.49. The molecule has 1 unspecified atom stereocenters. The summed E-state index contributed by atoms with van der Waals surface area (Å²) in [6.45, 7) is 26.5. The summed E-state index contributed by atoms with van der Waals surface area (Å²) in [4.78, 5) is 0. The number of benzene rings is 6. The van der Waals surface area contributed by atoms with Crippen molar-refractivity contribution in [1.82, 2.24) is 0 Å². The Labute approximate surface area is 367 Å². The van der Waals surface area contributed by atoms with Crippen molar-refractivity contribution in [1.29, 1.82) is 0 Å². The minimum atomic E-state index is -0.223. The molecule has 0 spiro atoms. The zero-order chi connectivity index (χ0) is 43.6. The van der Waals surface area contributed by atoms with Crippen molar-refractivity contribution in [3.05, 3.63) is 283 Å². The van der Waals surface area contributed by atoms with Crippen LogP contribution in [0.15, 0.2) is 239 Å². The van der Waals surface area contributed by atoms with E-state index in [1.54, 1.807) is 0 Å². The molecular weight excluding hydrogens is 733 g/mol. The predicted octanol–water partition coefficient (Wildman–Crippen LogP) is 17.3. The van der Waals surface area contributed by atoms with Gasteiger partial charge in [-0.2, -0.15) is 0 Å². The third-order valence-electron chi connectivity index (χ3n) is 10.7. The van der Waals surface area contributed by atoms with Gasteiger partial charge in [0.2, 0.25) is 0 Å². The van der Waals surface area contributed by atoms with Gasteiger partial charge in [0.15, 0.2) is 0 Å². The summed E-state index contributed by atoms with van der Waals surface area (Å²) in [6, 6.07) is 59.5. The maximum Gasteiger partial charge on any atom is 0.0154 e.